The fraction of sp³-hybridized carbons (Fsp3) is 0.0556. The lowest BCUT2D eigenvalue weighted by Crippen LogP contribution is -2.15. The van der Waals surface area contributed by atoms with Gasteiger partial charge in [0.1, 0.15) is 5.69 Å². The van der Waals surface area contributed by atoms with Gasteiger partial charge in [0.2, 0.25) is 0 Å². The number of pyridine rings is 1. The van der Waals surface area contributed by atoms with Crippen LogP contribution in [0.2, 0.25) is 0 Å². The maximum Gasteiger partial charge on any atom is 0.357 e. The van der Waals surface area contributed by atoms with Crippen LogP contribution in [0, 0.1) is 11.6 Å². The first kappa shape index (κ1) is 15.7. The zero-order valence-corrected chi connectivity index (χ0v) is 12.3. The van der Waals surface area contributed by atoms with Crippen LogP contribution in [0.15, 0.2) is 54.6 Å². The third-order valence-corrected chi connectivity index (χ3v) is 3.38. The van der Waals surface area contributed by atoms with E-state index in [0.717, 1.165) is 23.6 Å². The highest BCUT2D eigenvalue weighted by atomic mass is 19.2. The van der Waals surface area contributed by atoms with E-state index in [4.69, 9.17) is 4.74 Å². The van der Waals surface area contributed by atoms with Gasteiger partial charge < -0.3 is 4.74 Å². The first-order chi connectivity index (χ1) is 11.5. The number of carbonyl (C=O) groups excluding carboxylic acids is 2. The normalized spacial score (nSPS) is 10.6. The Morgan fingerprint density at radius 1 is 0.958 bits per heavy atom. The van der Waals surface area contributed by atoms with E-state index < -0.39 is 30.0 Å². The highest BCUT2D eigenvalue weighted by molar-refractivity contribution is 5.99. The monoisotopic (exact) mass is 327 g/mol. The van der Waals surface area contributed by atoms with Gasteiger partial charge in [-0.3, -0.25) is 4.79 Å². The Hall–Kier alpha value is -3.15. The van der Waals surface area contributed by atoms with Gasteiger partial charge in [0.05, 0.1) is 5.52 Å². The van der Waals surface area contributed by atoms with E-state index in [1.807, 2.05) is 12.1 Å². The molecule has 1 heterocycles. The number of para-hydroxylation sites is 1. The number of hydrogen-bond donors (Lipinski definition) is 0. The zero-order valence-electron chi connectivity index (χ0n) is 12.3. The van der Waals surface area contributed by atoms with Gasteiger partial charge in [0.25, 0.3) is 0 Å². The number of aromatic nitrogens is 1. The minimum atomic E-state index is -1.14. The summed E-state index contributed by atoms with van der Waals surface area (Å²) in [6, 6.07) is 13.2. The molecule has 2 aromatic carbocycles. The molecule has 24 heavy (non-hydrogen) atoms. The van der Waals surface area contributed by atoms with E-state index in [2.05, 4.69) is 4.98 Å². The first-order valence-electron chi connectivity index (χ1n) is 7.06. The molecular formula is C18H11F2NO3. The molecule has 0 atom stereocenters. The summed E-state index contributed by atoms with van der Waals surface area (Å²) in [5.74, 6) is -3.59. The predicted molar refractivity (Wildman–Crippen MR) is 82.7 cm³/mol. The summed E-state index contributed by atoms with van der Waals surface area (Å²) in [5.41, 5.74) is 0.610. The molecule has 6 heteroatoms. The van der Waals surface area contributed by atoms with E-state index >= 15 is 0 Å². The number of esters is 1. The highest BCUT2D eigenvalue weighted by Gasteiger charge is 2.15. The second kappa shape index (κ2) is 6.54. The molecule has 0 radical (unpaired) electrons. The number of Topliss-reactive ketones (excluding diaryl/α,β-unsaturated/α-hetero) is 1. The highest BCUT2D eigenvalue weighted by Crippen LogP contribution is 2.13. The molecule has 120 valence electrons. The summed E-state index contributed by atoms with van der Waals surface area (Å²) in [6.45, 7) is -0.585. The van der Waals surface area contributed by atoms with E-state index in [-0.39, 0.29) is 11.3 Å². The van der Waals surface area contributed by atoms with Crippen molar-refractivity contribution in [3.63, 3.8) is 0 Å². The van der Waals surface area contributed by atoms with Crippen LogP contribution in [-0.4, -0.2) is 23.3 Å². The number of benzene rings is 2. The topological polar surface area (TPSA) is 56.3 Å². The van der Waals surface area contributed by atoms with Crippen molar-refractivity contribution in [3.8, 4) is 0 Å². The Bertz CT molecular complexity index is 940. The Morgan fingerprint density at radius 2 is 1.75 bits per heavy atom. The third-order valence-electron chi connectivity index (χ3n) is 3.38. The minimum Gasteiger partial charge on any atom is -0.453 e. The third kappa shape index (κ3) is 3.27. The van der Waals surface area contributed by atoms with Crippen LogP contribution in [0.3, 0.4) is 0 Å². The molecule has 4 nitrogen and oxygen atoms in total. The van der Waals surface area contributed by atoms with E-state index in [1.165, 1.54) is 6.07 Å². The predicted octanol–water partition coefficient (Wildman–Crippen LogP) is 3.55. The van der Waals surface area contributed by atoms with Crippen molar-refractivity contribution in [2.45, 2.75) is 0 Å². The molecule has 0 unspecified atom stereocenters. The molecule has 3 rings (SSSR count). The smallest absolute Gasteiger partial charge is 0.357 e. The lowest BCUT2D eigenvalue weighted by atomic mass is 10.1. The molecule has 0 fully saturated rings. The average Bonchev–Trinajstić information content (AvgIpc) is 2.61. The second-order valence-electron chi connectivity index (χ2n) is 5.02. The van der Waals surface area contributed by atoms with Gasteiger partial charge in [0, 0.05) is 10.9 Å². The molecule has 0 amide bonds. The van der Waals surface area contributed by atoms with Gasteiger partial charge in [-0.05, 0) is 30.3 Å². The summed E-state index contributed by atoms with van der Waals surface area (Å²) in [4.78, 5) is 28.0. The summed E-state index contributed by atoms with van der Waals surface area (Å²) in [7, 11) is 0. The number of hydrogen-bond acceptors (Lipinski definition) is 4. The number of carbonyl (C=O) groups is 2. The fourth-order valence-electron chi connectivity index (χ4n) is 2.14. The maximum absolute atomic E-state index is 13.1. The number of ether oxygens (including phenoxy) is 1. The van der Waals surface area contributed by atoms with Crippen molar-refractivity contribution in [1.29, 1.82) is 0 Å². The number of halogens is 2. The molecule has 0 saturated heterocycles. The molecular weight excluding hydrogens is 316 g/mol. The van der Waals surface area contributed by atoms with Gasteiger partial charge >= 0.3 is 5.97 Å². The Kier molecular flexibility index (Phi) is 4.29. The van der Waals surface area contributed by atoms with Crippen molar-refractivity contribution >= 4 is 22.7 Å². The lowest BCUT2D eigenvalue weighted by Gasteiger charge is -2.05. The quantitative estimate of drug-likeness (QED) is 0.543. The van der Waals surface area contributed by atoms with Crippen LogP contribution >= 0.6 is 0 Å². The lowest BCUT2D eigenvalue weighted by molar-refractivity contribution is 0.0469. The molecule has 0 aliphatic heterocycles. The van der Waals surface area contributed by atoms with Crippen LogP contribution < -0.4 is 0 Å². The van der Waals surface area contributed by atoms with Gasteiger partial charge in [-0.15, -0.1) is 0 Å². The Balaban J connectivity index is 1.69. The fourth-order valence-corrected chi connectivity index (χ4v) is 2.14. The Morgan fingerprint density at radius 3 is 2.54 bits per heavy atom. The van der Waals surface area contributed by atoms with Crippen molar-refractivity contribution in [3.05, 3.63) is 77.5 Å². The Labute approximate surface area is 135 Å². The number of nitrogens with zero attached hydrogens (tertiary/aromatic N) is 1. The molecule has 0 bridgehead atoms. The summed E-state index contributed by atoms with van der Waals surface area (Å²) in [6.07, 6.45) is 0. The van der Waals surface area contributed by atoms with E-state index in [9.17, 15) is 18.4 Å². The van der Waals surface area contributed by atoms with Crippen LogP contribution in [0.4, 0.5) is 8.78 Å². The van der Waals surface area contributed by atoms with Gasteiger partial charge in [-0.2, -0.15) is 0 Å². The van der Waals surface area contributed by atoms with Crippen molar-refractivity contribution in [1.82, 2.24) is 4.98 Å². The van der Waals surface area contributed by atoms with Gasteiger partial charge in [-0.1, -0.05) is 24.3 Å². The molecule has 0 N–H and O–H groups in total. The summed E-state index contributed by atoms with van der Waals surface area (Å²) in [5, 5.41) is 0.868. The molecule has 0 saturated carbocycles. The first-order valence-corrected chi connectivity index (χ1v) is 7.06. The van der Waals surface area contributed by atoms with Crippen LogP contribution in [-0.2, 0) is 4.74 Å². The largest absolute Gasteiger partial charge is 0.453 e. The summed E-state index contributed by atoms with van der Waals surface area (Å²) >= 11 is 0. The summed E-state index contributed by atoms with van der Waals surface area (Å²) < 4.78 is 30.8. The standard InChI is InChI=1S/C18H11F2NO3/c19-13-7-5-12(9-14(13)20)17(22)10-24-18(23)16-8-6-11-3-1-2-4-15(11)21-16/h1-9H,10H2. The SMILES string of the molecule is O=C(COC(=O)c1ccc2ccccc2n1)c1ccc(F)c(F)c1. The zero-order chi connectivity index (χ0) is 17.1. The van der Waals surface area contributed by atoms with Crippen LogP contribution in [0.25, 0.3) is 10.9 Å². The number of ketones is 1. The molecule has 0 aliphatic carbocycles. The van der Waals surface area contributed by atoms with Crippen LogP contribution in [0.1, 0.15) is 20.8 Å². The molecule has 0 aliphatic rings. The molecule has 1 aromatic heterocycles. The maximum atomic E-state index is 13.1. The van der Waals surface area contributed by atoms with Crippen molar-refractivity contribution in [2.24, 2.45) is 0 Å². The van der Waals surface area contributed by atoms with Crippen molar-refractivity contribution in [2.75, 3.05) is 6.61 Å². The second-order valence-corrected chi connectivity index (χ2v) is 5.02. The number of fused-ring (bicyclic) bond motifs is 1. The van der Waals surface area contributed by atoms with E-state index in [0.29, 0.717) is 5.52 Å². The van der Waals surface area contributed by atoms with E-state index in [1.54, 1.807) is 18.2 Å². The van der Waals surface area contributed by atoms with Gasteiger partial charge in [0.15, 0.2) is 24.0 Å². The molecule has 0 spiro atoms. The van der Waals surface area contributed by atoms with Crippen LogP contribution in [0.5, 0.6) is 0 Å². The number of rotatable bonds is 4. The minimum absolute atomic E-state index is 0.0618. The molecule has 3 aromatic rings. The van der Waals surface area contributed by atoms with Gasteiger partial charge in [-0.25, -0.2) is 18.6 Å². The van der Waals surface area contributed by atoms with Crippen molar-refractivity contribution < 1.29 is 23.1 Å². The average molecular weight is 327 g/mol.